The quantitative estimate of drug-likeness (QED) is 0.634. The van der Waals surface area contributed by atoms with Crippen molar-refractivity contribution in [3.8, 4) is 16.9 Å². The minimum Gasteiger partial charge on any atom is -0.406 e. The Labute approximate surface area is 121 Å². The van der Waals surface area contributed by atoms with Crippen LogP contribution in [0.1, 0.15) is 5.56 Å². The van der Waals surface area contributed by atoms with Crippen LogP contribution in [-0.4, -0.2) is 6.36 Å². The molecule has 0 saturated carbocycles. The van der Waals surface area contributed by atoms with Gasteiger partial charge in [0.15, 0.2) is 0 Å². The topological polar surface area (TPSA) is 35.2 Å². The van der Waals surface area contributed by atoms with Crippen molar-refractivity contribution in [1.82, 2.24) is 0 Å². The molecular weight excluding hydrogens is 312 g/mol. The third-order valence-electron chi connectivity index (χ3n) is 2.76. The highest BCUT2D eigenvalue weighted by molar-refractivity contribution is 5.77. The maximum Gasteiger partial charge on any atom is 0.573 e. The number of rotatable bonds is 2. The average Bonchev–Trinajstić information content (AvgIpc) is 2.36. The molecular formula is C14H9F6NO. The zero-order chi connectivity index (χ0) is 16.5. The average molecular weight is 321 g/mol. The van der Waals surface area contributed by atoms with Crippen LogP contribution in [0.15, 0.2) is 42.5 Å². The van der Waals surface area contributed by atoms with Gasteiger partial charge in [0.2, 0.25) is 0 Å². The Kier molecular flexibility index (Phi) is 3.95. The summed E-state index contributed by atoms with van der Waals surface area (Å²) in [5.74, 6) is -0.541. The molecule has 0 bridgehead atoms. The lowest BCUT2D eigenvalue weighted by molar-refractivity contribution is -0.274. The third-order valence-corrected chi connectivity index (χ3v) is 2.76. The van der Waals surface area contributed by atoms with Crippen LogP contribution in [0.25, 0.3) is 11.1 Å². The van der Waals surface area contributed by atoms with Gasteiger partial charge in [-0.05, 0) is 29.8 Å². The van der Waals surface area contributed by atoms with E-state index in [4.69, 9.17) is 5.73 Å². The number of benzene rings is 2. The highest BCUT2D eigenvalue weighted by Gasteiger charge is 2.32. The normalized spacial score (nSPS) is 12.3. The number of hydrogen-bond donors (Lipinski definition) is 1. The summed E-state index contributed by atoms with van der Waals surface area (Å²) in [6.45, 7) is 0. The summed E-state index contributed by atoms with van der Waals surface area (Å²) in [5.41, 5.74) is 4.93. The molecule has 2 aromatic rings. The number of hydrogen-bond acceptors (Lipinski definition) is 2. The highest BCUT2D eigenvalue weighted by atomic mass is 19.4. The summed E-state index contributed by atoms with van der Waals surface area (Å²) in [6.07, 6.45) is -9.39. The summed E-state index contributed by atoms with van der Waals surface area (Å²) < 4.78 is 77.9. The predicted molar refractivity (Wildman–Crippen MR) is 68.0 cm³/mol. The van der Waals surface area contributed by atoms with Crippen molar-refractivity contribution < 1.29 is 31.1 Å². The fourth-order valence-electron chi connectivity index (χ4n) is 1.86. The van der Waals surface area contributed by atoms with E-state index in [0.29, 0.717) is 0 Å². The molecule has 118 valence electrons. The van der Waals surface area contributed by atoms with Gasteiger partial charge in [0.05, 0.1) is 5.56 Å². The Morgan fingerprint density at radius 3 is 2.09 bits per heavy atom. The van der Waals surface area contributed by atoms with Gasteiger partial charge in [-0.1, -0.05) is 12.1 Å². The molecule has 0 heterocycles. The lowest BCUT2D eigenvalue weighted by Crippen LogP contribution is -2.17. The fraction of sp³-hybridized carbons (Fsp3) is 0.143. The van der Waals surface area contributed by atoms with Crippen LogP contribution in [0.5, 0.6) is 5.75 Å². The van der Waals surface area contributed by atoms with Crippen molar-refractivity contribution >= 4 is 5.69 Å². The molecule has 8 heteroatoms. The van der Waals surface area contributed by atoms with Gasteiger partial charge in [0, 0.05) is 17.3 Å². The van der Waals surface area contributed by atoms with Crippen molar-refractivity contribution in [2.24, 2.45) is 0 Å². The third kappa shape index (κ3) is 3.84. The van der Waals surface area contributed by atoms with Gasteiger partial charge in [-0.2, -0.15) is 13.2 Å². The predicted octanol–water partition coefficient (Wildman–Crippen LogP) is 4.85. The van der Waals surface area contributed by atoms with Gasteiger partial charge >= 0.3 is 12.5 Å². The molecule has 0 radical (unpaired) electrons. The Morgan fingerprint density at radius 2 is 1.55 bits per heavy atom. The fourth-order valence-corrected chi connectivity index (χ4v) is 1.86. The largest absolute Gasteiger partial charge is 0.573 e. The van der Waals surface area contributed by atoms with Crippen molar-refractivity contribution in [2.45, 2.75) is 12.5 Å². The van der Waals surface area contributed by atoms with E-state index in [1.165, 1.54) is 18.2 Å². The molecule has 0 aliphatic carbocycles. The zero-order valence-electron chi connectivity index (χ0n) is 10.8. The Morgan fingerprint density at radius 1 is 0.864 bits per heavy atom. The minimum atomic E-state index is -4.87. The van der Waals surface area contributed by atoms with Crippen LogP contribution < -0.4 is 10.5 Å². The van der Waals surface area contributed by atoms with E-state index in [9.17, 15) is 26.3 Å². The van der Waals surface area contributed by atoms with E-state index in [0.717, 1.165) is 24.3 Å². The smallest absolute Gasteiger partial charge is 0.406 e. The molecule has 0 amide bonds. The zero-order valence-corrected chi connectivity index (χ0v) is 10.8. The molecule has 2 nitrogen and oxygen atoms in total. The Hall–Kier alpha value is -2.38. The monoisotopic (exact) mass is 321 g/mol. The summed E-state index contributed by atoms with van der Waals surface area (Å²) in [5, 5.41) is 0. The van der Waals surface area contributed by atoms with Crippen molar-refractivity contribution in [2.75, 3.05) is 5.73 Å². The lowest BCUT2D eigenvalue weighted by Gasteiger charge is -2.13. The molecule has 2 aromatic carbocycles. The highest BCUT2D eigenvalue weighted by Crippen LogP contribution is 2.35. The Bertz CT molecular complexity index is 678. The van der Waals surface area contributed by atoms with E-state index in [1.54, 1.807) is 0 Å². The van der Waals surface area contributed by atoms with E-state index < -0.39 is 23.9 Å². The molecule has 2 rings (SSSR count). The molecule has 0 aliphatic rings. The van der Waals surface area contributed by atoms with Crippen molar-refractivity contribution in [1.29, 1.82) is 0 Å². The number of halogens is 6. The van der Waals surface area contributed by atoms with E-state index in [-0.39, 0.29) is 16.8 Å². The Balaban J connectivity index is 2.38. The molecule has 2 N–H and O–H groups in total. The number of ether oxygens (including phenoxy) is 1. The second-order valence-corrected chi connectivity index (χ2v) is 4.38. The summed E-state index contributed by atoms with van der Waals surface area (Å²) in [6, 6.07) is 7.40. The second kappa shape index (κ2) is 5.43. The first-order valence-electron chi connectivity index (χ1n) is 5.89. The molecule has 0 fully saturated rings. The van der Waals surface area contributed by atoms with Crippen molar-refractivity contribution in [3.05, 3.63) is 48.0 Å². The number of alkyl halides is 6. The molecule has 22 heavy (non-hydrogen) atoms. The maximum atomic E-state index is 12.7. The first kappa shape index (κ1) is 16.0. The molecule has 0 spiro atoms. The molecule has 0 aliphatic heterocycles. The SMILES string of the molecule is Nc1cc(OC(F)(F)F)ccc1-c1cccc(C(F)(F)F)c1. The van der Waals surface area contributed by atoms with Gasteiger partial charge < -0.3 is 10.5 Å². The van der Waals surface area contributed by atoms with Gasteiger partial charge in [-0.15, -0.1) is 13.2 Å². The van der Waals surface area contributed by atoms with Crippen LogP contribution in [-0.2, 0) is 6.18 Å². The van der Waals surface area contributed by atoms with E-state index >= 15 is 0 Å². The molecule has 0 saturated heterocycles. The summed E-state index contributed by atoms with van der Waals surface area (Å²) >= 11 is 0. The lowest BCUT2D eigenvalue weighted by atomic mass is 10.0. The minimum absolute atomic E-state index is 0.124. The van der Waals surface area contributed by atoms with Gasteiger partial charge in [-0.25, -0.2) is 0 Å². The van der Waals surface area contributed by atoms with Gasteiger partial charge in [-0.3, -0.25) is 0 Å². The van der Waals surface area contributed by atoms with Crippen LogP contribution >= 0.6 is 0 Å². The number of anilines is 1. The second-order valence-electron chi connectivity index (χ2n) is 4.38. The first-order valence-corrected chi connectivity index (χ1v) is 5.89. The van der Waals surface area contributed by atoms with Gasteiger partial charge in [0.1, 0.15) is 5.75 Å². The van der Waals surface area contributed by atoms with Crippen LogP contribution in [0, 0.1) is 0 Å². The summed E-state index contributed by atoms with van der Waals surface area (Å²) in [7, 11) is 0. The van der Waals surface area contributed by atoms with E-state index in [2.05, 4.69) is 4.74 Å². The molecule has 0 atom stereocenters. The standard InChI is InChI=1S/C14H9F6NO/c15-13(16,17)9-3-1-2-8(6-9)11-5-4-10(7-12(11)21)22-14(18,19)20/h1-7H,21H2. The van der Waals surface area contributed by atoms with E-state index in [1.807, 2.05) is 0 Å². The first-order chi connectivity index (χ1) is 10.1. The van der Waals surface area contributed by atoms with Crippen LogP contribution in [0.4, 0.5) is 32.0 Å². The summed E-state index contributed by atoms with van der Waals surface area (Å²) in [4.78, 5) is 0. The number of nitrogen functional groups attached to an aromatic ring is 1. The number of nitrogens with two attached hydrogens (primary N) is 1. The molecule has 0 aromatic heterocycles. The van der Waals surface area contributed by atoms with Crippen LogP contribution in [0.3, 0.4) is 0 Å². The molecule has 0 unspecified atom stereocenters. The van der Waals surface area contributed by atoms with Crippen LogP contribution in [0.2, 0.25) is 0 Å². The van der Waals surface area contributed by atoms with Gasteiger partial charge in [0.25, 0.3) is 0 Å². The van der Waals surface area contributed by atoms with Crippen molar-refractivity contribution in [3.63, 3.8) is 0 Å². The maximum absolute atomic E-state index is 12.7.